The van der Waals surface area contributed by atoms with Gasteiger partial charge in [0.25, 0.3) is 5.91 Å². The van der Waals surface area contributed by atoms with Crippen LogP contribution in [0.25, 0.3) is 11.3 Å². The van der Waals surface area contributed by atoms with Gasteiger partial charge in [0.2, 0.25) is 5.91 Å². The highest BCUT2D eigenvalue weighted by Gasteiger charge is 2.26. The molecule has 0 saturated carbocycles. The Bertz CT molecular complexity index is 1120. The van der Waals surface area contributed by atoms with Gasteiger partial charge in [-0.25, -0.2) is 9.99 Å². The van der Waals surface area contributed by atoms with Gasteiger partial charge in [0.15, 0.2) is 5.13 Å². The van der Waals surface area contributed by atoms with E-state index in [1.54, 1.807) is 19.2 Å². The number of aryl methyl sites for hydroxylation is 1. The van der Waals surface area contributed by atoms with Crippen molar-refractivity contribution in [3.05, 3.63) is 59.5 Å². The summed E-state index contributed by atoms with van der Waals surface area (Å²) in [6.45, 7) is 2.00. The Morgan fingerprint density at radius 1 is 1.17 bits per heavy atom. The number of methoxy groups -OCH3 is 1. The lowest BCUT2D eigenvalue weighted by Gasteiger charge is -2.22. The van der Waals surface area contributed by atoms with Crippen molar-refractivity contribution in [2.24, 2.45) is 5.10 Å². The first-order valence-electron chi connectivity index (χ1n) is 9.42. The minimum Gasteiger partial charge on any atom is -0.496 e. The van der Waals surface area contributed by atoms with Crippen LogP contribution in [-0.2, 0) is 9.59 Å². The first-order chi connectivity index (χ1) is 14.5. The van der Waals surface area contributed by atoms with E-state index in [2.05, 4.69) is 15.4 Å². The Morgan fingerprint density at radius 3 is 2.73 bits per heavy atom. The van der Waals surface area contributed by atoms with Crippen LogP contribution < -0.4 is 15.1 Å². The van der Waals surface area contributed by atoms with E-state index in [9.17, 15) is 9.59 Å². The smallest absolute Gasteiger partial charge is 0.273 e. The number of aromatic nitrogens is 1. The lowest BCUT2D eigenvalue weighted by molar-refractivity contribution is -0.118. The van der Waals surface area contributed by atoms with Crippen molar-refractivity contribution in [2.45, 2.75) is 19.8 Å². The van der Waals surface area contributed by atoms with Crippen molar-refractivity contribution >= 4 is 39.7 Å². The fourth-order valence-electron chi connectivity index (χ4n) is 3.13. The first-order valence-corrected chi connectivity index (χ1v) is 10.3. The van der Waals surface area contributed by atoms with Gasteiger partial charge in [-0.15, -0.1) is 11.3 Å². The lowest BCUT2D eigenvalue weighted by atomic mass is 10.1. The summed E-state index contributed by atoms with van der Waals surface area (Å²) in [6.07, 6.45) is 0.517. The Balaban J connectivity index is 1.54. The number of amides is 2. The molecule has 0 atom stereocenters. The molecule has 0 unspecified atom stereocenters. The molecule has 0 fully saturated rings. The molecule has 1 aliphatic rings. The highest BCUT2D eigenvalue weighted by atomic mass is 32.1. The standard InChI is InChI=1S/C22H20N4O3S/c1-14-8-10-19(29-2)16(12-14)18-13-30-22(23-18)24-21(28)17-9-11-20(27)26(25-17)15-6-4-3-5-7-15/h3-8,10,12-13H,9,11H2,1-2H3,(H,23,24,28). The van der Waals surface area contributed by atoms with E-state index < -0.39 is 0 Å². The number of anilines is 2. The molecule has 2 amide bonds. The zero-order chi connectivity index (χ0) is 21.1. The van der Waals surface area contributed by atoms with E-state index >= 15 is 0 Å². The van der Waals surface area contributed by atoms with Gasteiger partial charge in [0.1, 0.15) is 11.5 Å². The van der Waals surface area contributed by atoms with E-state index in [1.165, 1.54) is 16.3 Å². The van der Waals surface area contributed by atoms with Gasteiger partial charge in [-0.1, -0.05) is 29.8 Å². The van der Waals surface area contributed by atoms with Crippen LogP contribution in [0.15, 0.2) is 59.0 Å². The van der Waals surface area contributed by atoms with Crippen LogP contribution in [0, 0.1) is 6.92 Å². The van der Waals surface area contributed by atoms with Crippen LogP contribution in [-0.4, -0.2) is 29.6 Å². The molecule has 4 rings (SSSR count). The van der Waals surface area contributed by atoms with Gasteiger partial charge < -0.3 is 4.74 Å². The van der Waals surface area contributed by atoms with Crippen LogP contribution in [0.4, 0.5) is 10.8 Å². The number of hydrogen-bond acceptors (Lipinski definition) is 6. The number of thiazole rings is 1. The summed E-state index contributed by atoms with van der Waals surface area (Å²) >= 11 is 1.33. The molecule has 3 aromatic rings. The molecule has 0 radical (unpaired) electrons. The number of rotatable bonds is 5. The zero-order valence-corrected chi connectivity index (χ0v) is 17.4. The molecular weight excluding hydrogens is 400 g/mol. The number of carbonyl (C=O) groups excluding carboxylic acids is 2. The van der Waals surface area contributed by atoms with Crippen molar-refractivity contribution in [2.75, 3.05) is 17.4 Å². The van der Waals surface area contributed by atoms with Gasteiger partial charge in [-0.05, 0) is 31.2 Å². The van der Waals surface area contributed by atoms with Crippen molar-refractivity contribution in [3.8, 4) is 17.0 Å². The molecule has 0 aliphatic carbocycles. The third-order valence-electron chi connectivity index (χ3n) is 4.65. The van der Waals surface area contributed by atoms with Crippen LogP contribution >= 0.6 is 11.3 Å². The minimum atomic E-state index is -0.361. The Hall–Kier alpha value is -3.52. The molecule has 30 heavy (non-hydrogen) atoms. The number of ether oxygens (including phenoxy) is 1. The van der Waals surface area contributed by atoms with Gasteiger partial charge >= 0.3 is 0 Å². The third kappa shape index (κ3) is 4.08. The SMILES string of the molecule is COc1ccc(C)cc1-c1csc(NC(=O)C2=NN(c3ccccc3)C(=O)CC2)n1. The topological polar surface area (TPSA) is 83.9 Å². The van der Waals surface area contributed by atoms with Crippen molar-refractivity contribution in [1.29, 1.82) is 0 Å². The molecule has 7 nitrogen and oxygen atoms in total. The normalized spacial score (nSPS) is 13.7. The molecule has 1 N–H and O–H groups in total. The first kappa shape index (κ1) is 19.8. The second kappa shape index (κ2) is 8.46. The number of nitrogens with one attached hydrogen (secondary N) is 1. The van der Waals surface area contributed by atoms with Crippen LogP contribution in [0.1, 0.15) is 18.4 Å². The number of hydrazone groups is 1. The van der Waals surface area contributed by atoms with Crippen molar-refractivity contribution in [3.63, 3.8) is 0 Å². The molecule has 8 heteroatoms. The molecular formula is C22H20N4O3S. The van der Waals surface area contributed by atoms with Crippen molar-refractivity contribution < 1.29 is 14.3 Å². The number of benzene rings is 2. The predicted octanol–water partition coefficient (Wildman–Crippen LogP) is 4.25. The highest BCUT2D eigenvalue weighted by Crippen LogP contribution is 2.33. The predicted molar refractivity (Wildman–Crippen MR) is 118 cm³/mol. The summed E-state index contributed by atoms with van der Waals surface area (Å²) in [5.41, 5.74) is 3.61. The van der Waals surface area contributed by atoms with Crippen LogP contribution in [0.5, 0.6) is 5.75 Å². The lowest BCUT2D eigenvalue weighted by Crippen LogP contribution is -2.36. The second-order valence-corrected chi connectivity index (χ2v) is 7.64. The molecule has 0 saturated heterocycles. The van der Waals surface area contributed by atoms with Crippen LogP contribution in [0.2, 0.25) is 0 Å². The van der Waals surface area contributed by atoms with E-state index in [0.717, 1.165) is 22.6 Å². The molecule has 2 heterocycles. The summed E-state index contributed by atoms with van der Waals surface area (Å²) < 4.78 is 5.42. The van der Waals surface area contributed by atoms with Gasteiger partial charge in [-0.3, -0.25) is 14.9 Å². The van der Waals surface area contributed by atoms with Gasteiger partial charge in [0, 0.05) is 23.8 Å². The van der Waals surface area contributed by atoms with E-state index in [0.29, 0.717) is 16.5 Å². The van der Waals surface area contributed by atoms with Crippen molar-refractivity contribution in [1.82, 2.24) is 4.98 Å². The highest BCUT2D eigenvalue weighted by molar-refractivity contribution is 7.14. The number of nitrogens with zero attached hydrogens (tertiary/aromatic N) is 3. The molecule has 152 valence electrons. The molecule has 2 aromatic carbocycles. The maximum absolute atomic E-state index is 12.7. The van der Waals surface area contributed by atoms with Crippen LogP contribution in [0.3, 0.4) is 0 Å². The largest absolute Gasteiger partial charge is 0.496 e. The van der Waals surface area contributed by atoms with E-state index in [-0.39, 0.29) is 24.7 Å². The summed E-state index contributed by atoms with van der Waals surface area (Å²) in [5.74, 6) is 0.221. The number of hydrogen-bond donors (Lipinski definition) is 1. The monoisotopic (exact) mass is 420 g/mol. The minimum absolute atomic E-state index is 0.138. The summed E-state index contributed by atoms with van der Waals surface area (Å²) in [5, 5.41) is 10.7. The zero-order valence-electron chi connectivity index (χ0n) is 16.6. The number of para-hydroxylation sites is 1. The summed E-state index contributed by atoms with van der Waals surface area (Å²) in [6, 6.07) is 14.9. The Kier molecular flexibility index (Phi) is 5.58. The van der Waals surface area contributed by atoms with Gasteiger partial charge in [-0.2, -0.15) is 5.10 Å². The average Bonchev–Trinajstić information content (AvgIpc) is 3.23. The fraction of sp³-hybridized carbons (Fsp3) is 0.182. The Morgan fingerprint density at radius 2 is 1.97 bits per heavy atom. The molecule has 1 aliphatic heterocycles. The van der Waals surface area contributed by atoms with E-state index in [4.69, 9.17) is 4.74 Å². The van der Waals surface area contributed by atoms with E-state index in [1.807, 2.05) is 48.7 Å². The third-order valence-corrected chi connectivity index (χ3v) is 5.41. The Labute approximate surface area is 178 Å². The number of carbonyl (C=O) groups is 2. The maximum atomic E-state index is 12.7. The second-order valence-electron chi connectivity index (χ2n) is 6.78. The molecule has 0 bridgehead atoms. The van der Waals surface area contributed by atoms with Gasteiger partial charge in [0.05, 0.1) is 18.5 Å². The molecule has 1 aromatic heterocycles. The summed E-state index contributed by atoms with van der Waals surface area (Å²) in [4.78, 5) is 29.5. The average molecular weight is 420 g/mol. The molecule has 0 spiro atoms. The fourth-order valence-corrected chi connectivity index (χ4v) is 3.84. The quantitative estimate of drug-likeness (QED) is 0.669. The maximum Gasteiger partial charge on any atom is 0.273 e. The summed E-state index contributed by atoms with van der Waals surface area (Å²) in [7, 11) is 1.62.